The Bertz CT molecular complexity index is 936. The molecular weight excluding hydrogens is 415 g/mol. The van der Waals surface area contributed by atoms with Crippen LogP contribution in [0.1, 0.15) is 18.9 Å². The fourth-order valence-corrected chi connectivity index (χ4v) is 3.40. The monoisotopic (exact) mass is 437 g/mol. The maximum Gasteiger partial charge on any atom is 0.417 e. The quantitative estimate of drug-likeness (QED) is 0.568. The topological polar surface area (TPSA) is 91.6 Å². The first-order chi connectivity index (χ1) is 14.6. The van der Waals surface area contributed by atoms with Crippen molar-refractivity contribution in [1.82, 2.24) is 9.88 Å². The molecule has 3 rings (SSSR count). The summed E-state index contributed by atoms with van der Waals surface area (Å²) in [6.45, 7) is 4.01. The largest absolute Gasteiger partial charge is 0.417 e. The average Bonchev–Trinajstić information content (AvgIpc) is 2.99. The molecule has 1 amide bonds. The number of halogens is 3. The van der Waals surface area contributed by atoms with Crippen LogP contribution in [0.15, 0.2) is 42.6 Å². The predicted octanol–water partition coefficient (Wildman–Crippen LogP) is 3.55. The van der Waals surface area contributed by atoms with Gasteiger partial charge in [0.1, 0.15) is 5.82 Å². The zero-order valence-corrected chi connectivity index (χ0v) is 16.8. The van der Waals surface area contributed by atoms with Gasteiger partial charge in [0.25, 0.3) is 5.69 Å². The lowest BCUT2D eigenvalue weighted by molar-refractivity contribution is -0.384. The van der Waals surface area contributed by atoms with E-state index in [1.54, 1.807) is 13.0 Å². The average molecular weight is 437 g/mol. The van der Waals surface area contributed by atoms with Crippen molar-refractivity contribution in [3.63, 3.8) is 0 Å². The van der Waals surface area contributed by atoms with Gasteiger partial charge in [0.15, 0.2) is 0 Å². The molecular formula is C20H22F3N5O3. The molecule has 1 fully saturated rings. The summed E-state index contributed by atoms with van der Waals surface area (Å²) < 4.78 is 38.2. The van der Waals surface area contributed by atoms with E-state index >= 15 is 0 Å². The molecule has 0 saturated carbocycles. The Morgan fingerprint density at radius 2 is 1.97 bits per heavy atom. The highest BCUT2D eigenvalue weighted by atomic mass is 19.4. The summed E-state index contributed by atoms with van der Waals surface area (Å²) in [5.74, 6) is 0.171. The highest BCUT2D eigenvalue weighted by molar-refractivity contribution is 5.94. The van der Waals surface area contributed by atoms with Crippen LogP contribution in [0.3, 0.4) is 0 Å². The molecule has 1 unspecified atom stereocenters. The number of alkyl halides is 3. The van der Waals surface area contributed by atoms with Gasteiger partial charge < -0.3 is 10.2 Å². The summed E-state index contributed by atoms with van der Waals surface area (Å²) in [6, 6.07) is 7.61. The Labute approximate surface area is 176 Å². The molecule has 11 heteroatoms. The van der Waals surface area contributed by atoms with Crippen LogP contribution in [-0.2, 0) is 11.0 Å². The molecule has 1 atom stereocenters. The molecule has 31 heavy (non-hydrogen) atoms. The lowest BCUT2D eigenvalue weighted by Gasteiger charge is -2.27. The van der Waals surface area contributed by atoms with E-state index in [-0.39, 0.29) is 11.6 Å². The number of nitro groups is 1. The lowest BCUT2D eigenvalue weighted by atomic mass is 10.2. The van der Waals surface area contributed by atoms with Gasteiger partial charge in [-0.15, -0.1) is 0 Å². The highest BCUT2D eigenvalue weighted by Crippen LogP contribution is 2.29. The molecule has 1 aliphatic heterocycles. The Hall–Kier alpha value is -3.21. The number of non-ortho nitro benzene ring substituents is 1. The molecule has 1 aliphatic rings. The molecule has 8 nitrogen and oxygen atoms in total. The fraction of sp³-hybridized carbons (Fsp3) is 0.400. The minimum absolute atomic E-state index is 0.111. The zero-order chi connectivity index (χ0) is 22.6. The van der Waals surface area contributed by atoms with Crippen LogP contribution in [0.2, 0.25) is 0 Å². The Morgan fingerprint density at radius 1 is 1.19 bits per heavy atom. The maximum absolute atomic E-state index is 12.7. The van der Waals surface area contributed by atoms with Crippen molar-refractivity contribution in [1.29, 1.82) is 0 Å². The third-order valence-electron chi connectivity index (χ3n) is 5.18. The van der Waals surface area contributed by atoms with Gasteiger partial charge in [-0.1, -0.05) is 6.07 Å². The Morgan fingerprint density at radius 3 is 2.61 bits per heavy atom. The minimum atomic E-state index is -4.43. The van der Waals surface area contributed by atoms with E-state index < -0.39 is 22.7 Å². The first-order valence-corrected chi connectivity index (χ1v) is 9.73. The number of hydrogen-bond donors (Lipinski definition) is 1. The number of anilines is 2. The normalized spacial score (nSPS) is 16.5. The molecule has 2 heterocycles. The van der Waals surface area contributed by atoms with Crippen molar-refractivity contribution >= 4 is 23.1 Å². The number of amides is 1. The number of rotatable bonds is 5. The number of hydrogen-bond acceptors (Lipinski definition) is 6. The van der Waals surface area contributed by atoms with Gasteiger partial charge in [-0.2, -0.15) is 13.2 Å². The molecule has 1 aromatic heterocycles. The molecule has 0 spiro atoms. The van der Waals surface area contributed by atoms with Crippen LogP contribution < -0.4 is 10.2 Å². The summed E-state index contributed by atoms with van der Waals surface area (Å²) in [5, 5.41) is 13.6. The number of benzene rings is 1. The number of carbonyl (C=O) groups is 1. The van der Waals surface area contributed by atoms with Gasteiger partial charge in [0.05, 0.1) is 16.5 Å². The zero-order valence-electron chi connectivity index (χ0n) is 16.8. The molecule has 166 valence electrons. The van der Waals surface area contributed by atoms with Crippen molar-refractivity contribution in [3.05, 3.63) is 58.3 Å². The summed E-state index contributed by atoms with van der Waals surface area (Å²) >= 11 is 0. The van der Waals surface area contributed by atoms with Crippen molar-refractivity contribution in [2.45, 2.75) is 25.6 Å². The van der Waals surface area contributed by atoms with E-state index in [4.69, 9.17) is 0 Å². The lowest BCUT2D eigenvalue weighted by Crippen LogP contribution is -2.44. The molecule has 0 aliphatic carbocycles. The van der Waals surface area contributed by atoms with Crippen molar-refractivity contribution < 1.29 is 22.9 Å². The third kappa shape index (κ3) is 5.69. The van der Waals surface area contributed by atoms with Crippen LogP contribution in [0.25, 0.3) is 0 Å². The van der Waals surface area contributed by atoms with Crippen LogP contribution in [0.5, 0.6) is 0 Å². The first-order valence-electron chi connectivity index (χ1n) is 9.73. The van der Waals surface area contributed by atoms with Gasteiger partial charge >= 0.3 is 6.18 Å². The van der Waals surface area contributed by atoms with E-state index in [2.05, 4.69) is 10.3 Å². The van der Waals surface area contributed by atoms with E-state index in [9.17, 15) is 28.1 Å². The van der Waals surface area contributed by atoms with Crippen molar-refractivity contribution in [2.24, 2.45) is 0 Å². The second kappa shape index (κ2) is 9.29. The molecule has 1 saturated heterocycles. The minimum Gasteiger partial charge on any atom is -0.355 e. The number of carbonyl (C=O) groups excluding carboxylic acids is 1. The summed E-state index contributed by atoms with van der Waals surface area (Å²) in [5.41, 5.74) is -0.560. The number of aromatic nitrogens is 1. The maximum atomic E-state index is 12.7. The summed E-state index contributed by atoms with van der Waals surface area (Å²) in [4.78, 5) is 30.8. The standard InChI is InChI=1S/C20H22F3N5O3/c1-14(19(29)25-16-4-2-5-17(12-16)28(30)31)26-8-3-9-27(11-10-26)18-7-6-15(13-24-18)20(21,22)23/h2,4-7,12-14H,3,8-11H2,1H3,(H,25,29). The van der Waals surface area contributed by atoms with E-state index in [0.29, 0.717) is 44.1 Å². The van der Waals surface area contributed by atoms with Gasteiger partial charge in [0, 0.05) is 50.2 Å². The summed E-state index contributed by atoms with van der Waals surface area (Å²) in [6.07, 6.45) is -2.90. The van der Waals surface area contributed by atoms with Crippen LogP contribution in [0, 0.1) is 10.1 Å². The SMILES string of the molecule is CC(C(=O)Nc1cccc([N+](=O)[O-])c1)N1CCCN(c2ccc(C(F)(F)F)cn2)CC1. The van der Waals surface area contributed by atoms with E-state index in [1.165, 1.54) is 24.3 Å². The fourth-order valence-electron chi connectivity index (χ4n) is 3.40. The molecule has 1 aromatic carbocycles. The second-order valence-corrected chi connectivity index (χ2v) is 7.25. The van der Waals surface area contributed by atoms with Crippen LogP contribution >= 0.6 is 0 Å². The molecule has 0 radical (unpaired) electrons. The van der Waals surface area contributed by atoms with Gasteiger partial charge in [-0.05, 0) is 31.5 Å². The van der Waals surface area contributed by atoms with Gasteiger partial charge in [-0.25, -0.2) is 4.98 Å². The van der Waals surface area contributed by atoms with Gasteiger partial charge in [-0.3, -0.25) is 19.8 Å². The third-order valence-corrected chi connectivity index (χ3v) is 5.18. The summed E-state index contributed by atoms with van der Waals surface area (Å²) in [7, 11) is 0. The van der Waals surface area contributed by atoms with E-state index in [1.807, 2.05) is 9.80 Å². The number of nitrogens with one attached hydrogen (secondary N) is 1. The van der Waals surface area contributed by atoms with Crippen molar-refractivity contribution in [2.75, 3.05) is 36.4 Å². The number of pyridine rings is 1. The van der Waals surface area contributed by atoms with Crippen LogP contribution in [-0.4, -0.2) is 52.9 Å². The highest BCUT2D eigenvalue weighted by Gasteiger charge is 2.31. The van der Waals surface area contributed by atoms with Crippen LogP contribution in [0.4, 0.5) is 30.4 Å². The van der Waals surface area contributed by atoms with Gasteiger partial charge in [0.2, 0.25) is 5.91 Å². The smallest absolute Gasteiger partial charge is 0.355 e. The Balaban J connectivity index is 1.60. The molecule has 1 N–H and O–H groups in total. The first kappa shape index (κ1) is 22.5. The molecule has 2 aromatic rings. The van der Waals surface area contributed by atoms with Crippen molar-refractivity contribution in [3.8, 4) is 0 Å². The molecule has 0 bridgehead atoms. The Kier molecular flexibility index (Phi) is 6.74. The predicted molar refractivity (Wildman–Crippen MR) is 109 cm³/mol. The number of nitro benzene ring substituents is 1. The van der Waals surface area contributed by atoms with E-state index in [0.717, 1.165) is 12.3 Å². The number of nitrogens with zero attached hydrogens (tertiary/aromatic N) is 4. The second-order valence-electron chi connectivity index (χ2n) is 7.25.